The molecule has 0 saturated carbocycles. The highest BCUT2D eigenvalue weighted by molar-refractivity contribution is 5.85. The van der Waals surface area contributed by atoms with Gasteiger partial charge in [-0.2, -0.15) is 0 Å². The summed E-state index contributed by atoms with van der Waals surface area (Å²) in [5.74, 6) is 0.687. The average Bonchev–Trinajstić information content (AvgIpc) is 2.39. The van der Waals surface area contributed by atoms with Crippen LogP contribution >= 0.6 is 12.4 Å². The Morgan fingerprint density at radius 2 is 1.78 bits per heavy atom. The van der Waals surface area contributed by atoms with Gasteiger partial charge in [-0.15, -0.1) is 12.4 Å². The minimum atomic E-state index is 0. The first-order chi connectivity index (χ1) is 8.20. The Hall–Kier alpha value is -1.65. The van der Waals surface area contributed by atoms with E-state index in [1.807, 2.05) is 55.4 Å². The standard InChI is InChI=1S/C13H16N4.ClH/c1-17(2)13-15-11(9-14)8-12(16-13)10-6-4-3-5-7-10;/h3-8H,9,14H2,1-2H3;1H. The van der Waals surface area contributed by atoms with E-state index in [0.29, 0.717) is 12.5 Å². The number of benzene rings is 1. The van der Waals surface area contributed by atoms with Gasteiger partial charge in [0, 0.05) is 26.2 Å². The number of anilines is 1. The molecule has 0 bridgehead atoms. The fraction of sp³-hybridized carbons (Fsp3) is 0.231. The van der Waals surface area contributed by atoms with Crippen molar-refractivity contribution in [2.75, 3.05) is 19.0 Å². The third-order valence-corrected chi connectivity index (χ3v) is 2.45. The van der Waals surface area contributed by atoms with Crippen molar-refractivity contribution in [3.05, 3.63) is 42.1 Å². The minimum absolute atomic E-state index is 0. The fourth-order valence-electron chi connectivity index (χ4n) is 1.54. The molecule has 5 heteroatoms. The molecule has 2 N–H and O–H groups in total. The van der Waals surface area contributed by atoms with E-state index >= 15 is 0 Å². The van der Waals surface area contributed by atoms with E-state index in [-0.39, 0.29) is 12.4 Å². The zero-order chi connectivity index (χ0) is 12.3. The van der Waals surface area contributed by atoms with E-state index in [1.54, 1.807) is 0 Å². The van der Waals surface area contributed by atoms with Gasteiger partial charge in [-0.3, -0.25) is 0 Å². The van der Waals surface area contributed by atoms with E-state index in [4.69, 9.17) is 5.73 Å². The molecule has 2 rings (SSSR count). The lowest BCUT2D eigenvalue weighted by Gasteiger charge is -2.13. The molecule has 0 aliphatic carbocycles. The second kappa shape index (κ2) is 6.33. The van der Waals surface area contributed by atoms with Crippen molar-refractivity contribution in [2.24, 2.45) is 5.73 Å². The quantitative estimate of drug-likeness (QED) is 0.922. The smallest absolute Gasteiger partial charge is 0.225 e. The lowest BCUT2D eigenvalue weighted by Crippen LogP contribution is -2.15. The van der Waals surface area contributed by atoms with Crippen molar-refractivity contribution in [3.63, 3.8) is 0 Å². The van der Waals surface area contributed by atoms with Gasteiger partial charge in [0.2, 0.25) is 5.95 Å². The first kappa shape index (κ1) is 14.4. The Balaban J connectivity index is 0.00000162. The molecular weight excluding hydrogens is 248 g/mol. The summed E-state index contributed by atoms with van der Waals surface area (Å²) in [5.41, 5.74) is 8.49. The highest BCUT2D eigenvalue weighted by Crippen LogP contribution is 2.19. The molecule has 18 heavy (non-hydrogen) atoms. The summed E-state index contributed by atoms with van der Waals surface area (Å²) in [6, 6.07) is 12.0. The molecule has 0 amide bonds. The fourth-order valence-corrected chi connectivity index (χ4v) is 1.54. The van der Waals surface area contributed by atoms with E-state index in [1.165, 1.54) is 0 Å². The van der Waals surface area contributed by atoms with Crippen LogP contribution in [-0.2, 0) is 6.54 Å². The van der Waals surface area contributed by atoms with E-state index in [0.717, 1.165) is 17.0 Å². The van der Waals surface area contributed by atoms with Gasteiger partial charge in [0.25, 0.3) is 0 Å². The predicted octanol–water partition coefficient (Wildman–Crippen LogP) is 2.09. The van der Waals surface area contributed by atoms with E-state index in [9.17, 15) is 0 Å². The summed E-state index contributed by atoms with van der Waals surface area (Å²) < 4.78 is 0. The topological polar surface area (TPSA) is 55.0 Å². The number of aromatic nitrogens is 2. The Kier molecular flexibility index (Phi) is 5.07. The van der Waals surface area contributed by atoms with Crippen LogP contribution in [0, 0.1) is 0 Å². The summed E-state index contributed by atoms with van der Waals surface area (Å²) in [5, 5.41) is 0. The molecule has 0 fully saturated rings. The van der Waals surface area contributed by atoms with Crippen molar-refractivity contribution < 1.29 is 0 Å². The average molecular weight is 265 g/mol. The molecule has 0 aliphatic heterocycles. The molecule has 0 saturated heterocycles. The van der Waals surface area contributed by atoms with Crippen molar-refractivity contribution in [1.82, 2.24) is 9.97 Å². The van der Waals surface area contributed by atoms with Crippen LogP contribution < -0.4 is 10.6 Å². The highest BCUT2D eigenvalue weighted by Gasteiger charge is 2.06. The molecule has 1 aromatic heterocycles. The van der Waals surface area contributed by atoms with Crippen molar-refractivity contribution in [1.29, 1.82) is 0 Å². The zero-order valence-electron chi connectivity index (χ0n) is 10.5. The lowest BCUT2D eigenvalue weighted by atomic mass is 10.1. The van der Waals surface area contributed by atoms with Crippen LogP contribution in [0.1, 0.15) is 5.69 Å². The summed E-state index contributed by atoms with van der Waals surface area (Å²) in [6.07, 6.45) is 0. The number of rotatable bonds is 3. The first-order valence-corrected chi connectivity index (χ1v) is 5.51. The monoisotopic (exact) mass is 264 g/mol. The molecule has 0 spiro atoms. The van der Waals surface area contributed by atoms with Crippen LogP contribution in [0.15, 0.2) is 36.4 Å². The maximum atomic E-state index is 5.66. The molecule has 0 radical (unpaired) electrons. The van der Waals surface area contributed by atoms with Crippen molar-refractivity contribution in [3.8, 4) is 11.3 Å². The van der Waals surface area contributed by atoms with Crippen LogP contribution in [-0.4, -0.2) is 24.1 Å². The van der Waals surface area contributed by atoms with Gasteiger partial charge in [0.15, 0.2) is 0 Å². The maximum Gasteiger partial charge on any atom is 0.225 e. The van der Waals surface area contributed by atoms with Gasteiger partial charge >= 0.3 is 0 Å². The Morgan fingerprint density at radius 3 is 2.33 bits per heavy atom. The molecule has 0 aliphatic rings. The van der Waals surface area contributed by atoms with Crippen LogP contribution in [0.3, 0.4) is 0 Å². The first-order valence-electron chi connectivity index (χ1n) is 5.51. The van der Waals surface area contributed by atoms with Crippen LogP contribution in [0.4, 0.5) is 5.95 Å². The predicted molar refractivity (Wildman–Crippen MR) is 76.9 cm³/mol. The Labute approximate surface area is 113 Å². The second-order valence-corrected chi connectivity index (χ2v) is 4.01. The SMILES string of the molecule is CN(C)c1nc(CN)cc(-c2ccccc2)n1.Cl. The number of hydrogen-bond donors (Lipinski definition) is 1. The van der Waals surface area contributed by atoms with Crippen LogP contribution in [0.25, 0.3) is 11.3 Å². The molecule has 0 atom stereocenters. The van der Waals surface area contributed by atoms with Gasteiger partial charge in [-0.25, -0.2) is 9.97 Å². The summed E-state index contributed by atoms with van der Waals surface area (Å²) in [6.45, 7) is 0.420. The molecule has 0 unspecified atom stereocenters. The Morgan fingerprint density at radius 1 is 1.11 bits per heavy atom. The number of nitrogens with two attached hydrogens (primary N) is 1. The van der Waals surface area contributed by atoms with Gasteiger partial charge in [-0.05, 0) is 6.07 Å². The molecule has 4 nitrogen and oxygen atoms in total. The van der Waals surface area contributed by atoms with Crippen LogP contribution in [0.2, 0.25) is 0 Å². The van der Waals surface area contributed by atoms with Crippen molar-refractivity contribution >= 4 is 18.4 Å². The summed E-state index contributed by atoms with van der Waals surface area (Å²) >= 11 is 0. The molecule has 2 aromatic rings. The lowest BCUT2D eigenvalue weighted by molar-refractivity contribution is 0.925. The molecule has 96 valence electrons. The molecule has 1 heterocycles. The summed E-state index contributed by atoms with van der Waals surface area (Å²) in [4.78, 5) is 10.8. The second-order valence-electron chi connectivity index (χ2n) is 4.01. The van der Waals surface area contributed by atoms with Gasteiger partial charge in [-0.1, -0.05) is 30.3 Å². The summed E-state index contributed by atoms with van der Waals surface area (Å²) in [7, 11) is 3.84. The molecule has 1 aromatic carbocycles. The number of halogens is 1. The van der Waals surface area contributed by atoms with Crippen LogP contribution in [0.5, 0.6) is 0 Å². The number of hydrogen-bond acceptors (Lipinski definition) is 4. The Bertz CT molecular complexity index is 500. The maximum absolute atomic E-state index is 5.66. The third-order valence-electron chi connectivity index (χ3n) is 2.45. The third kappa shape index (κ3) is 3.18. The van der Waals surface area contributed by atoms with Crippen molar-refractivity contribution in [2.45, 2.75) is 6.54 Å². The largest absolute Gasteiger partial charge is 0.347 e. The van der Waals surface area contributed by atoms with E-state index < -0.39 is 0 Å². The normalized spacial score (nSPS) is 9.72. The minimum Gasteiger partial charge on any atom is -0.347 e. The van der Waals surface area contributed by atoms with Gasteiger partial charge < -0.3 is 10.6 Å². The van der Waals surface area contributed by atoms with E-state index in [2.05, 4.69) is 9.97 Å². The molecular formula is C13H17ClN4. The van der Waals surface area contributed by atoms with Gasteiger partial charge in [0.1, 0.15) is 0 Å². The zero-order valence-corrected chi connectivity index (χ0v) is 11.3. The van der Waals surface area contributed by atoms with Gasteiger partial charge in [0.05, 0.1) is 11.4 Å². The highest BCUT2D eigenvalue weighted by atomic mass is 35.5. The number of nitrogens with zero attached hydrogens (tertiary/aromatic N) is 3.